The molecular weight excluding hydrogens is 266 g/mol. The third-order valence-electron chi connectivity index (χ3n) is 3.01. The van der Waals surface area contributed by atoms with Crippen LogP contribution in [0.2, 0.25) is 0 Å². The highest BCUT2D eigenvalue weighted by atomic mass is 16.1. The Morgan fingerprint density at radius 3 is 2.90 bits per heavy atom. The van der Waals surface area contributed by atoms with Crippen LogP contribution in [0, 0.1) is 0 Å². The lowest BCUT2D eigenvalue weighted by Crippen LogP contribution is -2.14. The molecule has 0 saturated heterocycles. The highest BCUT2D eigenvalue weighted by Crippen LogP contribution is 2.23. The Morgan fingerprint density at radius 1 is 1.48 bits per heavy atom. The predicted octanol–water partition coefficient (Wildman–Crippen LogP) is 2.51. The molecule has 2 N–H and O–H groups in total. The molecule has 0 aromatic carbocycles. The molecule has 21 heavy (non-hydrogen) atoms. The largest absolute Gasteiger partial charge is 0.357 e. The van der Waals surface area contributed by atoms with Gasteiger partial charge in [-0.05, 0) is 31.6 Å². The second-order valence-electron chi connectivity index (χ2n) is 4.59. The van der Waals surface area contributed by atoms with Crippen molar-refractivity contribution in [2.45, 2.75) is 20.3 Å². The van der Waals surface area contributed by atoms with Crippen molar-refractivity contribution in [3.8, 4) is 11.1 Å². The maximum atomic E-state index is 12.0. The molecule has 2 aromatic rings. The van der Waals surface area contributed by atoms with Gasteiger partial charge in [0.15, 0.2) is 5.78 Å². The minimum atomic E-state index is -0.215. The molecule has 0 unspecified atom stereocenters. The Balaban J connectivity index is 2.45. The summed E-state index contributed by atoms with van der Waals surface area (Å²) >= 11 is 0. The lowest BCUT2D eigenvalue weighted by atomic mass is 10.0. The second-order valence-corrected chi connectivity index (χ2v) is 4.59. The highest BCUT2D eigenvalue weighted by molar-refractivity contribution is 5.87. The van der Waals surface area contributed by atoms with Crippen LogP contribution in [0.5, 0.6) is 0 Å². The van der Waals surface area contributed by atoms with Gasteiger partial charge in [-0.15, -0.1) is 0 Å². The molecule has 108 valence electrons. The number of pyridine rings is 2. The Labute approximate surface area is 122 Å². The molecule has 2 rings (SSSR count). The average Bonchev–Trinajstić information content (AvgIpc) is 2.49. The monoisotopic (exact) mass is 283 g/mol. The van der Waals surface area contributed by atoms with E-state index in [2.05, 4.69) is 15.3 Å². The first kappa shape index (κ1) is 14.7. The van der Waals surface area contributed by atoms with Crippen molar-refractivity contribution >= 4 is 11.5 Å². The number of nitrogens with zero attached hydrogens (tertiary/aromatic N) is 1. The number of carbonyl (C=O) groups excluding carboxylic acids is 1. The molecule has 0 aliphatic rings. The van der Waals surface area contributed by atoms with Gasteiger partial charge in [-0.1, -0.05) is 13.0 Å². The van der Waals surface area contributed by atoms with Crippen molar-refractivity contribution in [1.29, 1.82) is 0 Å². The zero-order chi connectivity index (χ0) is 15.2. The summed E-state index contributed by atoms with van der Waals surface area (Å²) in [5.74, 6) is -0.0865. The van der Waals surface area contributed by atoms with Crippen LogP contribution in [0.3, 0.4) is 0 Å². The SMILES string of the molecule is CCc1[nH]c(=O)c(N/C=C/C(C)=O)cc1-c1cccnc1. The molecule has 2 aromatic heterocycles. The standard InChI is InChI=1S/C16H17N3O2/c1-3-14-13(12-5-4-7-17-10-12)9-15(16(21)19-14)18-8-6-11(2)20/h4-10,18H,3H2,1-2H3,(H,19,21)/b8-6+. The summed E-state index contributed by atoms with van der Waals surface area (Å²) in [7, 11) is 0. The molecule has 0 saturated carbocycles. The van der Waals surface area contributed by atoms with Gasteiger partial charge >= 0.3 is 0 Å². The summed E-state index contributed by atoms with van der Waals surface area (Å²) < 4.78 is 0. The van der Waals surface area contributed by atoms with E-state index in [1.54, 1.807) is 18.5 Å². The van der Waals surface area contributed by atoms with Gasteiger partial charge in [0.25, 0.3) is 5.56 Å². The second kappa shape index (κ2) is 6.65. The molecule has 0 radical (unpaired) electrons. The molecule has 5 heteroatoms. The molecule has 2 heterocycles. The van der Waals surface area contributed by atoms with Gasteiger partial charge in [0.2, 0.25) is 0 Å². The van der Waals surface area contributed by atoms with E-state index in [0.29, 0.717) is 12.1 Å². The molecule has 5 nitrogen and oxygen atoms in total. The quantitative estimate of drug-likeness (QED) is 0.827. The maximum absolute atomic E-state index is 12.0. The summed E-state index contributed by atoms with van der Waals surface area (Å²) in [5.41, 5.74) is 2.89. The van der Waals surface area contributed by atoms with E-state index >= 15 is 0 Å². The van der Waals surface area contributed by atoms with Gasteiger partial charge < -0.3 is 10.3 Å². The average molecular weight is 283 g/mol. The van der Waals surface area contributed by atoms with Crippen molar-refractivity contribution in [2.24, 2.45) is 0 Å². The Hall–Kier alpha value is -2.69. The lowest BCUT2D eigenvalue weighted by Gasteiger charge is -2.10. The molecule has 0 spiro atoms. The van der Waals surface area contributed by atoms with Gasteiger partial charge in [-0.3, -0.25) is 14.6 Å². The highest BCUT2D eigenvalue weighted by Gasteiger charge is 2.08. The third-order valence-corrected chi connectivity index (χ3v) is 3.01. The van der Waals surface area contributed by atoms with Gasteiger partial charge in [0.1, 0.15) is 5.69 Å². The first-order valence-electron chi connectivity index (χ1n) is 6.72. The fraction of sp³-hybridized carbons (Fsp3) is 0.188. The molecule has 0 bridgehead atoms. The predicted molar refractivity (Wildman–Crippen MR) is 83.1 cm³/mol. The number of nitrogens with one attached hydrogen (secondary N) is 2. The van der Waals surface area contributed by atoms with E-state index in [-0.39, 0.29) is 11.3 Å². The van der Waals surface area contributed by atoms with Gasteiger partial charge in [0, 0.05) is 35.4 Å². The number of ketones is 1. The molecule has 0 fully saturated rings. The topological polar surface area (TPSA) is 74.8 Å². The molecule has 0 aliphatic heterocycles. The molecular formula is C16H17N3O2. The number of rotatable bonds is 5. The smallest absolute Gasteiger partial charge is 0.271 e. The minimum absolute atomic E-state index is 0.0865. The van der Waals surface area contributed by atoms with Crippen LogP contribution in [0.15, 0.2) is 47.7 Å². The summed E-state index contributed by atoms with van der Waals surface area (Å²) in [6, 6.07) is 5.57. The number of aromatic nitrogens is 2. The normalized spacial score (nSPS) is 10.8. The van der Waals surface area contributed by atoms with Crippen molar-refractivity contribution < 1.29 is 4.79 Å². The number of hydrogen-bond donors (Lipinski definition) is 2. The number of aromatic amines is 1. The zero-order valence-electron chi connectivity index (χ0n) is 12.0. The van der Waals surface area contributed by atoms with Crippen molar-refractivity contribution in [1.82, 2.24) is 9.97 Å². The number of carbonyl (C=O) groups is 1. The summed E-state index contributed by atoms with van der Waals surface area (Å²) in [6.45, 7) is 3.43. The number of hydrogen-bond acceptors (Lipinski definition) is 4. The maximum Gasteiger partial charge on any atom is 0.271 e. The third kappa shape index (κ3) is 3.66. The first-order valence-corrected chi connectivity index (χ1v) is 6.72. The van der Waals surface area contributed by atoms with Crippen LogP contribution in [-0.4, -0.2) is 15.8 Å². The molecule has 0 aliphatic carbocycles. The minimum Gasteiger partial charge on any atom is -0.357 e. The summed E-state index contributed by atoms with van der Waals surface area (Å²) in [6.07, 6.45) is 7.00. The number of aryl methyl sites for hydroxylation is 1. The van der Waals surface area contributed by atoms with Crippen LogP contribution in [0.4, 0.5) is 5.69 Å². The fourth-order valence-electron chi connectivity index (χ4n) is 1.98. The van der Waals surface area contributed by atoms with Crippen molar-refractivity contribution in [2.75, 3.05) is 5.32 Å². The van der Waals surface area contributed by atoms with Crippen LogP contribution in [0.25, 0.3) is 11.1 Å². The zero-order valence-corrected chi connectivity index (χ0v) is 12.0. The van der Waals surface area contributed by atoms with E-state index < -0.39 is 0 Å². The Morgan fingerprint density at radius 2 is 2.29 bits per heavy atom. The number of allylic oxidation sites excluding steroid dienone is 1. The van der Waals surface area contributed by atoms with Crippen molar-refractivity contribution in [3.63, 3.8) is 0 Å². The van der Waals surface area contributed by atoms with E-state index in [1.165, 1.54) is 19.2 Å². The van der Waals surface area contributed by atoms with Gasteiger partial charge in [0.05, 0.1) is 0 Å². The number of H-pyrrole nitrogens is 1. The van der Waals surface area contributed by atoms with Gasteiger partial charge in [-0.2, -0.15) is 0 Å². The van der Waals surface area contributed by atoms with Crippen LogP contribution < -0.4 is 10.9 Å². The van der Waals surface area contributed by atoms with E-state index in [9.17, 15) is 9.59 Å². The van der Waals surface area contributed by atoms with E-state index in [1.807, 2.05) is 19.1 Å². The molecule has 0 atom stereocenters. The Kier molecular flexibility index (Phi) is 4.66. The number of anilines is 1. The first-order chi connectivity index (χ1) is 10.1. The molecule has 0 amide bonds. The van der Waals surface area contributed by atoms with Crippen LogP contribution in [0.1, 0.15) is 19.5 Å². The fourth-order valence-corrected chi connectivity index (χ4v) is 1.98. The van der Waals surface area contributed by atoms with Crippen molar-refractivity contribution in [3.05, 3.63) is 58.9 Å². The summed E-state index contributed by atoms with van der Waals surface area (Å²) in [5, 5.41) is 2.84. The van der Waals surface area contributed by atoms with Crippen LogP contribution >= 0.6 is 0 Å². The van der Waals surface area contributed by atoms with E-state index in [4.69, 9.17) is 0 Å². The lowest BCUT2D eigenvalue weighted by molar-refractivity contribution is -0.112. The van der Waals surface area contributed by atoms with Crippen LogP contribution in [-0.2, 0) is 11.2 Å². The summed E-state index contributed by atoms with van der Waals surface area (Å²) in [4.78, 5) is 29.9. The van der Waals surface area contributed by atoms with E-state index in [0.717, 1.165) is 16.8 Å². The van der Waals surface area contributed by atoms with Gasteiger partial charge in [-0.25, -0.2) is 0 Å². The Bertz CT molecular complexity index is 718.